The average Bonchev–Trinajstić information content (AvgIpc) is 2.70. The Labute approximate surface area is 172 Å². The fourth-order valence-electron chi connectivity index (χ4n) is 2.38. The van der Waals surface area contributed by atoms with Gasteiger partial charge in [-0.15, -0.1) is 0 Å². The summed E-state index contributed by atoms with van der Waals surface area (Å²) >= 11 is 11.6. The molecule has 0 saturated carbocycles. The Bertz CT molecular complexity index is 1100. The van der Waals surface area contributed by atoms with Crippen LogP contribution < -0.4 is 9.62 Å². The van der Waals surface area contributed by atoms with Crippen LogP contribution in [0.25, 0.3) is 0 Å². The number of nitrogens with zero attached hydrogens (tertiary/aromatic N) is 2. The van der Waals surface area contributed by atoms with Gasteiger partial charge in [-0.1, -0.05) is 29.3 Å². The van der Waals surface area contributed by atoms with E-state index in [9.17, 15) is 13.2 Å². The molecule has 0 saturated heterocycles. The van der Waals surface area contributed by atoms with E-state index in [1.54, 1.807) is 36.4 Å². The van der Waals surface area contributed by atoms with Crippen LogP contribution >= 0.6 is 23.2 Å². The quantitative estimate of drug-likeness (QED) is 0.640. The first-order valence-corrected chi connectivity index (χ1v) is 10.2. The summed E-state index contributed by atoms with van der Waals surface area (Å²) in [7, 11) is -2.43. The second kappa shape index (κ2) is 8.18. The monoisotopic (exact) mass is 435 g/mol. The molecule has 0 aliphatic carbocycles. The van der Waals surface area contributed by atoms with Gasteiger partial charge in [0, 0.05) is 23.8 Å². The number of sulfonamides is 1. The van der Waals surface area contributed by atoms with Crippen LogP contribution in [-0.2, 0) is 10.0 Å². The molecule has 0 radical (unpaired) electrons. The number of anilines is 2. The Morgan fingerprint density at radius 3 is 2.32 bits per heavy atom. The molecule has 9 heteroatoms. The number of amides is 1. The number of benzene rings is 2. The van der Waals surface area contributed by atoms with Crippen molar-refractivity contribution in [3.8, 4) is 0 Å². The third kappa shape index (κ3) is 4.44. The second-order valence-electron chi connectivity index (χ2n) is 5.79. The van der Waals surface area contributed by atoms with Gasteiger partial charge in [-0.05, 0) is 54.6 Å². The van der Waals surface area contributed by atoms with Crippen molar-refractivity contribution in [3.63, 3.8) is 0 Å². The average molecular weight is 436 g/mol. The molecule has 0 atom stereocenters. The number of rotatable bonds is 5. The molecular formula is C19H15Cl2N3O3S. The van der Waals surface area contributed by atoms with Crippen molar-refractivity contribution >= 4 is 50.6 Å². The molecule has 2 aromatic carbocycles. The largest absolute Gasteiger partial charge is 0.307 e. The van der Waals surface area contributed by atoms with Crippen LogP contribution in [-0.4, -0.2) is 26.4 Å². The number of aromatic nitrogens is 1. The molecule has 1 aromatic heterocycles. The lowest BCUT2D eigenvalue weighted by Gasteiger charge is -2.20. The van der Waals surface area contributed by atoms with E-state index < -0.39 is 15.9 Å². The van der Waals surface area contributed by atoms with E-state index in [-0.39, 0.29) is 10.5 Å². The number of hydrogen-bond acceptors (Lipinski definition) is 4. The second-order valence-corrected chi connectivity index (χ2v) is 8.63. The zero-order valence-electron chi connectivity index (χ0n) is 14.6. The van der Waals surface area contributed by atoms with Crippen molar-refractivity contribution < 1.29 is 13.2 Å². The molecule has 6 nitrogen and oxygen atoms in total. The first-order chi connectivity index (χ1) is 13.3. The Balaban J connectivity index is 1.86. The van der Waals surface area contributed by atoms with E-state index >= 15 is 0 Å². The number of pyridine rings is 1. The van der Waals surface area contributed by atoms with Crippen molar-refractivity contribution in [3.05, 3.63) is 82.5 Å². The van der Waals surface area contributed by atoms with Gasteiger partial charge in [-0.3, -0.25) is 9.10 Å². The molecule has 3 rings (SSSR count). The maximum Gasteiger partial charge on any atom is 0.264 e. The third-order valence-corrected chi connectivity index (χ3v) is 6.17. The summed E-state index contributed by atoms with van der Waals surface area (Å²) in [5, 5.41) is 3.54. The highest BCUT2D eigenvalue weighted by molar-refractivity contribution is 7.92. The predicted octanol–water partition coefficient (Wildman–Crippen LogP) is 4.47. The Kier molecular flexibility index (Phi) is 5.88. The lowest BCUT2D eigenvalue weighted by atomic mass is 10.2. The van der Waals surface area contributed by atoms with Crippen LogP contribution in [0.2, 0.25) is 10.0 Å². The first-order valence-electron chi connectivity index (χ1n) is 8.05. The van der Waals surface area contributed by atoms with E-state index in [2.05, 4.69) is 10.3 Å². The third-order valence-electron chi connectivity index (χ3n) is 3.91. The lowest BCUT2D eigenvalue weighted by molar-refractivity contribution is 0.102. The molecule has 0 fully saturated rings. The Hall–Kier alpha value is -2.61. The number of carbonyl (C=O) groups excluding carboxylic acids is 1. The number of nitrogens with one attached hydrogen (secondary N) is 1. The van der Waals surface area contributed by atoms with Gasteiger partial charge >= 0.3 is 0 Å². The van der Waals surface area contributed by atoms with E-state index in [0.717, 1.165) is 4.31 Å². The molecule has 0 spiro atoms. The SMILES string of the molecule is CN(c1ccc(Cl)cc1)S(=O)(=O)c1cccc(C(=O)Nc2ccc(Cl)cn2)c1. The van der Waals surface area contributed by atoms with Crippen LogP contribution in [0.15, 0.2) is 71.8 Å². The topological polar surface area (TPSA) is 79.4 Å². The number of hydrogen-bond donors (Lipinski definition) is 1. The molecule has 1 amide bonds. The van der Waals surface area contributed by atoms with Crippen molar-refractivity contribution in [2.24, 2.45) is 0 Å². The van der Waals surface area contributed by atoms with Gasteiger partial charge in [0.25, 0.3) is 15.9 Å². The highest BCUT2D eigenvalue weighted by Crippen LogP contribution is 2.24. The van der Waals surface area contributed by atoms with Crippen molar-refractivity contribution in [2.75, 3.05) is 16.7 Å². The zero-order chi connectivity index (χ0) is 20.3. The minimum Gasteiger partial charge on any atom is -0.307 e. The highest BCUT2D eigenvalue weighted by Gasteiger charge is 2.22. The fourth-order valence-corrected chi connectivity index (χ4v) is 3.86. The van der Waals surface area contributed by atoms with Gasteiger partial charge in [0.2, 0.25) is 0 Å². The van der Waals surface area contributed by atoms with Gasteiger partial charge in [0.15, 0.2) is 0 Å². The molecular weight excluding hydrogens is 421 g/mol. The fraction of sp³-hybridized carbons (Fsp3) is 0.0526. The standard InChI is InChI=1S/C19H15Cl2N3O3S/c1-24(16-8-5-14(20)6-9-16)28(26,27)17-4-2-3-13(11-17)19(25)23-18-10-7-15(21)12-22-18/h2-12H,1H3,(H,22,23,25). The minimum atomic E-state index is -3.86. The summed E-state index contributed by atoms with van der Waals surface area (Å²) in [4.78, 5) is 16.4. The van der Waals surface area contributed by atoms with Crippen LogP contribution in [0.4, 0.5) is 11.5 Å². The summed E-state index contributed by atoms with van der Waals surface area (Å²) < 4.78 is 27.0. The highest BCUT2D eigenvalue weighted by atomic mass is 35.5. The summed E-state index contributed by atoms with van der Waals surface area (Å²) in [5.74, 6) is -0.179. The lowest BCUT2D eigenvalue weighted by Crippen LogP contribution is -2.26. The van der Waals surface area contributed by atoms with Crippen LogP contribution in [0.1, 0.15) is 10.4 Å². The van der Waals surface area contributed by atoms with Gasteiger partial charge in [-0.25, -0.2) is 13.4 Å². The van der Waals surface area contributed by atoms with Gasteiger partial charge in [0.05, 0.1) is 15.6 Å². The van der Waals surface area contributed by atoms with Crippen molar-refractivity contribution in [2.45, 2.75) is 4.90 Å². The first kappa shape index (κ1) is 20.1. The van der Waals surface area contributed by atoms with E-state index in [4.69, 9.17) is 23.2 Å². The molecule has 0 bridgehead atoms. The summed E-state index contributed by atoms with van der Waals surface area (Å²) in [6, 6.07) is 15.3. The molecule has 1 heterocycles. The molecule has 0 unspecified atom stereocenters. The summed E-state index contributed by atoms with van der Waals surface area (Å²) in [5.41, 5.74) is 0.631. The number of carbonyl (C=O) groups is 1. The normalized spacial score (nSPS) is 11.1. The Morgan fingerprint density at radius 1 is 1.00 bits per heavy atom. The van der Waals surface area contributed by atoms with Crippen molar-refractivity contribution in [1.82, 2.24) is 4.98 Å². The van der Waals surface area contributed by atoms with E-state index in [1.807, 2.05) is 0 Å². The van der Waals surface area contributed by atoms with Crippen LogP contribution in [0.3, 0.4) is 0 Å². The maximum absolute atomic E-state index is 12.9. The van der Waals surface area contributed by atoms with E-state index in [0.29, 0.717) is 21.6 Å². The van der Waals surface area contributed by atoms with E-state index in [1.165, 1.54) is 37.5 Å². The zero-order valence-corrected chi connectivity index (χ0v) is 17.0. The predicted molar refractivity (Wildman–Crippen MR) is 111 cm³/mol. The molecule has 144 valence electrons. The summed E-state index contributed by atoms with van der Waals surface area (Å²) in [6.45, 7) is 0. The number of halogens is 2. The molecule has 3 aromatic rings. The Morgan fingerprint density at radius 2 is 1.68 bits per heavy atom. The maximum atomic E-state index is 12.9. The van der Waals surface area contributed by atoms with Crippen LogP contribution in [0, 0.1) is 0 Å². The molecule has 28 heavy (non-hydrogen) atoms. The van der Waals surface area contributed by atoms with Crippen molar-refractivity contribution in [1.29, 1.82) is 0 Å². The van der Waals surface area contributed by atoms with Gasteiger partial charge < -0.3 is 5.32 Å². The van der Waals surface area contributed by atoms with Crippen LogP contribution in [0.5, 0.6) is 0 Å². The molecule has 0 aliphatic heterocycles. The smallest absolute Gasteiger partial charge is 0.264 e. The minimum absolute atomic E-state index is 0.0123. The van der Waals surface area contributed by atoms with Gasteiger partial charge in [0.1, 0.15) is 5.82 Å². The summed E-state index contributed by atoms with van der Waals surface area (Å²) in [6.07, 6.45) is 1.40. The molecule has 0 aliphatic rings. The molecule has 1 N–H and O–H groups in total. The van der Waals surface area contributed by atoms with Gasteiger partial charge in [-0.2, -0.15) is 0 Å².